The molecule has 1 N–H and O–H groups in total. The number of hydrogen-bond donors (Lipinski definition) is 1. The molecular formula is C21H24N2O4S. The zero-order chi connectivity index (χ0) is 19.8. The lowest BCUT2D eigenvalue weighted by molar-refractivity contribution is 0.302. The number of nitrogens with one attached hydrogen (secondary N) is 1. The molecule has 0 aliphatic rings. The van der Waals surface area contributed by atoms with Crippen LogP contribution < -0.4 is 24.3 Å². The molecule has 6 nitrogen and oxygen atoms in total. The molecule has 0 unspecified atom stereocenters. The van der Waals surface area contributed by atoms with Gasteiger partial charge in [-0.25, -0.2) is 4.98 Å². The highest BCUT2D eigenvalue weighted by atomic mass is 32.1. The Morgan fingerprint density at radius 2 is 1.68 bits per heavy atom. The Morgan fingerprint density at radius 1 is 0.893 bits per heavy atom. The maximum absolute atomic E-state index is 5.74. The van der Waals surface area contributed by atoms with Crippen LogP contribution in [0.2, 0.25) is 0 Å². The summed E-state index contributed by atoms with van der Waals surface area (Å²) in [7, 11) is 4.85. The van der Waals surface area contributed by atoms with E-state index in [1.807, 2.05) is 29.6 Å². The van der Waals surface area contributed by atoms with Crippen molar-refractivity contribution < 1.29 is 18.9 Å². The second-order valence-electron chi connectivity index (χ2n) is 6.01. The number of aromatic nitrogens is 1. The van der Waals surface area contributed by atoms with E-state index in [1.54, 1.807) is 38.2 Å². The van der Waals surface area contributed by atoms with Gasteiger partial charge in [-0.3, -0.25) is 0 Å². The Bertz CT molecular complexity index is 867. The van der Waals surface area contributed by atoms with Crippen LogP contribution in [-0.2, 0) is 19.7 Å². The van der Waals surface area contributed by atoms with Crippen LogP contribution in [0, 0.1) is 0 Å². The number of thiazole rings is 1. The molecule has 0 spiro atoms. The van der Waals surface area contributed by atoms with Crippen molar-refractivity contribution in [3.63, 3.8) is 0 Å². The smallest absolute Gasteiger partial charge is 0.203 e. The molecule has 0 bridgehead atoms. The predicted octanol–water partition coefficient (Wildman–Crippen LogP) is 4.04. The molecule has 0 aliphatic carbocycles. The third kappa shape index (κ3) is 4.94. The molecule has 2 aromatic carbocycles. The third-order valence-electron chi connectivity index (χ3n) is 4.22. The zero-order valence-electron chi connectivity index (χ0n) is 16.2. The first-order valence-electron chi connectivity index (χ1n) is 8.82. The second-order valence-corrected chi connectivity index (χ2v) is 6.73. The second kappa shape index (κ2) is 9.96. The van der Waals surface area contributed by atoms with Gasteiger partial charge in [0.2, 0.25) is 5.75 Å². The highest BCUT2D eigenvalue weighted by molar-refractivity contribution is 7.07. The highest BCUT2D eigenvalue weighted by Crippen LogP contribution is 2.39. The molecule has 1 heterocycles. The first-order valence-corrected chi connectivity index (χ1v) is 9.76. The normalized spacial score (nSPS) is 10.5. The van der Waals surface area contributed by atoms with E-state index in [2.05, 4.69) is 22.4 Å². The topological polar surface area (TPSA) is 61.8 Å². The summed E-state index contributed by atoms with van der Waals surface area (Å²) < 4.78 is 22.0. The maximum Gasteiger partial charge on any atom is 0.203 e. The van der Waals surface area contributed by atoms with Crippen molar-refractivity contribution in [1.29, 1.82) is 0 Å². The van der Waals surface area contributed by atoms with Crippen molar-refractivity contribution in [1.82, 2.24) is 10.3 Å². The van der Waals surface area contributed by atoms with Gasteiger partial charge in [-0.15, -0.1) is 11.3 Å². The monoisotopic (exact) mass is 400 g/mol. The lowest BCUT2D eigenvalue weighted by Crippen LogP contribution is -2.13. The fourth-order valence-corrected chi connectivity index (χ4v) is 3.36. The number of benzene rings is 2. The first-order chi connectivity index (χ1) is 13.7. The summed E-state index contributed by atoms with van der Waals surface area (Å²) in [4.78, 5) is 4.21. The fraction of sp³-hybridized carbons (Fsp3) is 0.286. The molecule has 148 valence electrons. The minimum Gasteiger partial charge on any atom is -0.493 e. The van der Waals surface area contributed by atoms with E-state index in [4.69, 9.17) is 18.9 Å². The van der Waals surface area contributed by atoms with Crippen LogP contribution in [0.15, 0.2) is 47.3 Å². The molecule has 1 aromatic heterocycles. The van der Waals surface area contributed by atoms with Crippen molar-refractivity contribution in [3.05, 3.63) is 64.1 Å². The van der Waals surface area contributed by atoms with E-state index in [9.17, 15) is 0 Å². The fourth-order valence-electron chi connectivity index (χ4n) is 2.81. The van der Waals surface area contributed by atoms with Gasteiger partial charge in [-0.2, -0.15) is 0 Å². The summed E-state index contributed by atoms with van der Waals surface area (Å²) in [6.45, 7) is 1.86. The van der Waals surface area contributed by atoms with Crippen LogP contribution >= 0.6 is 11.3 Å². The van der Waals surface area contributed by atoms with Gasteiger partial charge in [0, 0.05) is 24.0 Å². The van der Waals surface area contributed by atoms with Crippen LogP contribution in [0.3, 0.4) is 0 Å². The van der Waals surface area contributed by atoms with Crippen LogP contribution in [0.1, 0.15) is 16.8 Å². The Morgan fingerprint density at radius 3 is 2.32 bits per heavy atom. The van der Waals surface area contributed by atoms with Crippen molar-refractivity contribution in [3.8, 4) is 23.0 Å². The molecule has 0 saturated carbocycles. The van der Waals surface area contributed by atoms with E-state index in [0.717, 1.165) is 23.6 Å². The molecule has 28 heavy (non-hydrogen) atoms. The molecule has 0 radical (unpaired) electrons. The Hall–Kier alpha value is -2.77. The average Bonchev–Trinajstić information content (AvgIpc) is 3.26. The lowest BCUT2D eigenvalue weighted by atomic mass is 10.1. The molecule has 7 heteroatoms. The number of rotatable bonds is 10. The van der Waals surface area contributed by atoms with Crippen molar-refractivity contribution >= 4 is 11.3 Å². The van der Waals surface area contributed by atoms with Crippen molar-refractivity contribution in [2.24, 2.45) is 0 Å². The molecule has 0 saturated heterocycles. The van der Waals surface area contributed by atoms with Crippen LogP contribution in [0.25, 0.3) is 0 Å². The van der Waals surface area contributed by atoms with Gasteiger partial charge in [-0.1, -0.05) is 18.2 Å². The van der Waals surface area contributed by atoms with Gasteiger partial charge in [-0.05, 0) is 23.8 Å². The van der Waals surface area contributed by atoms with Gasteiger partial charge in [0.05, 0.1) is 32.5 Å². The molecular weight excluding hydrogens is 376 g/mol. The summed E-state index contributed by atoms with van der Waals surface area (Å²) in [5, 5.41) is 5.42. The van der Waals surface area contributed by atoms with E-state index >= 15 is 0 Å². The molecule has 3 rings (SSSR count). The highest BCUT2D eigenvalue weighted by Gasteiger charge is 2.15. The predicted molar refractivity (Wildman–Crippen MR) is 110 cm³/mol. The van der Waals surface area contributed by atoms with Gasteiger partial charge >= 0.3 is 0 Å². The SMILES string of the molecule is COc1ccc(CNCc2ccc(OCc3cscn3)cc2)c(OC)c1OC. The third-order valence-corrected chi connectivity index (χ3v) is 4.86. The van der Waals surface area contributed by atoms with Crippen molar-refractivity contribution in [2.45, 2.75) is 19.7 Å². The Kier molecular flexibility index (Phi) is 7.11. The average molecular weight is 401 g/mol. The van der Waals surface area contributed by atoms with E-state index in [1.165, 1.54) is 5.56 Å². The first kappa shape index (κ1) is 20.0. The van der Waals surface area contributed by atoms with Crippen LogP contribution in [0.4, 0.5) is 0 Å². The molecule has 0 aliphatic heterocycles. The van der Waals surface area contributed by atoms with E-state index in [0.29, 0.717) is 30.4 Å². The Balaban J connectivity index is 1.55. The molecule has 0 amide bonds. The minimum absolute atomic E-state index is 0.486. The van der Waals surface area contributed by atoms with Crippen molar-refractivity contribution in [2.75, 3.05) is 21.3 Å². The van der Waals surface area contributed by atoms with Gasteiger partial charge < -0.3 is 24.3 Å². The maximum atomic E-state index is 5.74. The van der Waals surface area contributed by atoms with Gasteiger partial charge in [0.25, 0.3) is 0 Å². The van der Waals surface area contributed by atoms with Gasteiger partial charge in [0.15, 0.2) is 11.5 Å². The van der Waals surface area contributed by atoms with Crippen LogP contribution in [0.5, 0.6) is 23.0 Å². The number of ether oxygens (including phenoxy) is 4. The lowest BCUT2D eigenvalue weighted by Gasteiger charge is -2.16. The summed E-state index contributed by atoms with van der Waals surface area (Å²) in [6, 6.07) is 11.9. The summed E-state index contributed by atoms with van der Waals surface area (Å²) in [6.07, 6.45) is 0. The summed E-state index contributed by atoms with van der Waals surface area (Å²) in [5.74, 6) is 2.76. The van der Waals surface area contributed by atoms with Crippen LogP contribution in [-0.4, -0.2) is 26.3 Å². The number of methoxy groups -OCH3 is 3. The standard InChI is InChI=1S/C21H24N2O4S/c1-24-19-9-6-16(20(25-2)21(19)26-3)11-22-10-15-4-7-18(8-5-15)27-12-17-13-28-14-23-17/h4-9,13-14,22H,10-12H2,1-3H3. The van der Waals surface area contributed by atoms with E-state index < -0.39 is 0 Å². The van der Waals surface area contributed by atoms with Gasteiger partial charge in [0.1, 0.15) is 12.4 Å². The molecule has 0 fully saturated rings. The summed E-state index contributed by atoms with van der Waals surface area (Å²) >= 11 is 1.57. The summed E-state index contributed by atoms with van der Waals surface area (Å²) in [5.41, 5.74) is 4.92. The Labute approximate surface area is 169 Å². The quantitative estimate of drug-likeness (QED) is 0.554. The number of hydrogen-bond acceptors (Lipinski definition) is 7. The number of nitrogens with zero attached hydrogens (tertiary/aromatic N) is 1. The zero-order valence-corrected chi connectivity index (χ0v) is 17.0. The largest absolute Gasteiger partial charge is 0.493 e. The van der Waals surface area contributed by atoms with E-state index in [-0.39, 0.29) is 0 Å². The molecule has 0 atom stereocenters. The minimum atomic E-state index is 0.486. The molecule has 3 aromatic rings.